The highest BCUT2D eigenvalue weighted by Crippen LogP contribution is 2.34. The van der Waals surface area contributed by atoms with Crippen LogP contribution in [0.2, 0.25) is 0 Å². The van der Waals surface area contributed by atoms with E-state index in [1.54, 1.807) is 11.0 Å². The van der Waals surface area contributed by atoms with Gasteiger partial charge in [-0.3, -0.25) is 24.6 Å². The van der Waals surface area contributed by atoms with E-state index in [-0.39, 0.29) is 35.9 Å². The van der Waals surface area contributed by atoms with Crippen LogP contribution in [0.25, 0.3) is 0 Å². The molecule has 4 amide bonds. The average molecular weight is 555 g/mol. The molecule has 1 saturated carbocycles. The number of nitrogens with one attached hydrogen (secondary N) is 2. The summed E-state index contributed by atoms with van der Waals surface area (Å²) in [5, 5.41) is 5.58. The monoisotopic (exact) mass is 554 g/mol. The van der Waals surface area contributed by atoms with E-state index in [2.05, 4.69) is 15.5 Å². The third-order valence-electron chi connectivity index (χ3n) is 8.52. The number of likely N-dealkylation sites (tertiary alicyclic amines) is 1. The Bertz CT molecular complexity index is 1160. The maximum absolute atomic E-state index is 13.0. The van der Waals surface area contributed by atoms with E-state index in [0.29, 0.717) is 30.9 Å². The predicted molar refractivity (Wildman–Crippen MR) is 148 cm³/mol. The van der Waals surface area contributed by atoms with Crippen LogP contribution in [0.1, 0.15) is 94.5 Å². The van der Waals surface area contributed by atoms with Gasteiger partial charge in [0.05, 0.1) is 5.54 Å². The van der Waals surface area contributed by atoms with Crippen molar-refractivity contribution in [2.75, 3.05) is 19.7 Å². The molecule has 4 aliphatic rings. The lowest BCUT2D eigenvalue weighted by Crippen LogP contribution is -2.58. The molecule has 3 fully saturated rings. The van der Waals surface area contributed by atoms with Crippen LogP contribution >= 0.6 is 0 Å². The van der Waals surface area contributed by atoms with Crippen LogP contribution in [0.15, 0.2) is 18.2 Å². The van der Waals surface area contributed by atoms with Gasteiger partial charge < -0.3 is 19.7 Å². The summed E-state index contributed by atoms with van der Waals surface area (Å²) in [5.41, 5.74) is 0.586. The zero-order valence-corrected chi connectivity index (χ0v) is 23.9. The molecule has 0 spiro atoms. The van der Waals surface area contributed by atoms with Gasteiger partial charge in [-0.1, -0.05) is 19.3 Å². The zero-order valence-electron chi connectivity index (χ0n) is 23.9. The summed E-state index contributed by atoms with van der Waals surface area (Å²) in [6.45, 7) is 8.23. The fourth-order valence-electron chi connectivity index (χ4n) is 6.57. The second-order valence-corrected chi connectivity index (χ2v) is 12.8. The van der Waals surface area contributed by atoms with E-state index in [1.807, 2.05) is 32.9 Å². The number of amides is 4. The van der Waals surface area contributed by atoms with Crippen molar-refractivity contribution >= 4 is 23.8 Å². The number of nitrogens with zero attached hydrogens (tertiary/aromatic N) is 2. The van der Waals surface area contributed by atoms with Gasteiger partial charge in [0, 0.05) is 31.1 Å². The van der Waals surface area contributed by atoms with Crippen LogP contribution < -0.4 is 15.4 Å². The van der Waals surface area contributed by atoms with Crippen LogP contribution in [0.5, 0.6) is 5.75 Å². The van der Waals surface area contributed by atoms with Gasteiger partial charge in [-0.25, -0.2) is 4.79 Å². The largest absolute Gasteiger partial charge is 0.492 e. The Kier molecular flexibility index (Phi) is 8.08. The molecule has 218 valence electrons. The van der Waals surface area contributed by atoms with E-state index in [4.69, 9.17) is 9.47 Å². The van der Waals surface area contributed by atoms with E-state index in [0.717, 1.165) is 63.6 Å². The quantitative estimate of drug-likeness (QED) is 0.496. The van der Waals surface area contributed by atoms with E-state index in [9.17, 15) is 19.2 Å². The molecule has 2 atom stereocenters. The standard InChI is InChI=1S/C30H42N4O6/c1-29(2,3)40-28(38)32-30(13-5-6-14-30)19-33-15-7-4-8-21(33)18-39-22-9-10-23-20(16-22)17-34(27(23)37)24-11-12-25(35)31-26(24)36/h9-10,16,21,24H,4-8,11-15,17-19H2,1-3H3,(H,32,38)(H,31,35,36)/t21-,24?/m1/s1. The molecule has 3 aliphatic heterocycles. The number of hydrogen-bond acceptors (Lipinski definition) is 7. The van der Waals surface area contributed by atoms with Crippen molar-refractivity contribution in [2.45, 2.75) is 108 Å². The first-order valence-electron chi connectivity index (χ1n) is 14.7. The molecule has 10 heteroatoms. The molecule has 3 heterocycles. The fraction of sp³-hybridized carbons (Fsp3) is 0.667. The van der Waals surface area contributed by atoms with E-state index >= 15 is 0 Å². The maximum atomic E-state index is 13.0. The summed E-state index contributed by atoms with van der Waals surface area (Å²) in [4.78, 5) is 53.6. The summed E-state index contributed by atoms with van der Waals surface area (Å²) in [7, 11) is 0. The summed E-state index contributed by atoms with van der Waals surface area (Å²) in [5.74, 6) is -0.191. The Morgan fingerprint density at radius 1 is 1.10 bits per heavy atom. The minimum Gasteiger partial charge on any atom is -0.492 e. The van der Waals surface area contributed by atoms with Crippen molar-refractivity contribution in [3.8, 4) is 5.75 Å². The number of piperidine rings is 2. The van der Waals surface area contributed by atoms with E-state index in [1.165, 1.54) is 0 Å². The zero-order chi connectivity index (χ0) is 28.5. The molecule has 40 heavy (non-hydrogen) atoms. The molecular formula is C30H42N4O6. The van der Waals surface area contributed by atoms with Crippen molar-refractivity contribution in [2.24, 2.45) is 0 Å². The summed E-state index contributed by atoms with van der Waals surface area (Å²) in [6.07, 6.45) is 7.58. The van der Waals surface area contributed by atoms with Gasteiger partial charge >= 0.3 is 6.09 Å². The molecule has 0 radical (unpaired) electrons. The van der Waals surface area contributed by atoms with Gasteiger partial charge in [-0.05, 0) is 83.2 Å². The van der Waals surface area contributed by atoms with Gasteiger partial charge in [0.2, 0.25) is 11.8 Å². The minimum absolute atomic E-state index is 0.186. The van der Waals surface area contributed by atoms with Crippen LogP contribution in [0.3, 0.4) is 0 Å². The number of ether oxygens (including phenoxy) is 2. The number of rotatable bonds is 7. The summed E-state index contributed by atoms with van der Waals surface area (Å²) < 4.78 is 11.9. The molecule has 2 saturated heterocycles. The second-order valence-electron chi connectivity index (χ2n) is 12.8. The number of imide groups is 1. The fourth-order valence-corrected chi connectivity index (χ4v) is 6.57. The highest BCUT2D eigenvalue weighted by Gasteiger charge is 2.41. The number of carbonyl (C=O) groups is 4. The van der Waals surface area contributed by atoms with E-state index < -0.39 is 17.6 Å². The minimum atomic E-state index is -0.630. The van der Waals surface area contributed by atoms with Crippen LogP contribution in [0, 0.1) is 0 Å². The normalized spacial score (nSPS) is 25.0. The van der Waals surface area contributed by atoms with Crippen molar-refractivity contribution in [1.82, 2.24) is 20.4 Å². The first-order chi connectivity index (χ1) is 19.0. The Labute approximate surface area is 236 Å². The van der Waals surface area contributed by atoms with Crippen molar-refractivity contribution in [1.29, 1.82) is 0 Å². The van der Waals surface area contributed by atoms with Crippen molar-refractivity contribution in [3.05, 3.63) is 29.3 Å². The molecule has 0 aromatic heterocycles. The van der Waals surface area contributed by atoms with Gasteiger partial charge in [-0.15, -0.1) is 0 Å². The number of hydrogen-bond donors (Lipinski definition) is 2. The van der Waals surface area contributed by atoms with Crippen molar-refractivity contribution < 1.29 is 28.7 Å². The molecule has 1 unspecified atom stereocenters. The predicted octanol–water partition coefficient (Wildman–Crippen LogP) is 3.52. The molecule has 5 rings (SSSR count). The summed E-state index contributed by atoms with van der Waals surface area (Å²) >= 11 is 0. The van der Waals surface area contributed by atoms with Gasteiger partial charge in [0.15, 0.2) is 0 Å². The molecular weight excluding hydrogens is 512 g/mol. The third-order valence-corrected chi connectivity index (χ3v) is 8.52. The second kappa shape index (κ2) is 11.4. The van der Waals surface area contributed by atoms with Gasteiger partial charge in [0.25, 0.3) is 5.91 Å². The Hall–Kier alpha value is -3.14. The molecule has 2 N–H and O–H groups in total. The smallest absolute Gasteiger partial charge is 0.408 e. The molecule has 10 nitrogen and oxygen atoms in total. The molecule has 1 aromatic rings. The third kappa shape index (κ3) is 6.43. The Morgan fingerprint density at radius 3 is 2.60 bits per heavy atom. The van der Waals surface area contributed by atoms with Crippen LogP contribution in [-0.4, -0.2) is 76.5 Å². The molecule has 1 aliphatic carbocycles. The first kappa shape index (κ1) is 28.4. The molecule has 0 bridgehead atoms. The number of fused-ring (bicyclic) bond motifs is 1. The maximum Gasteiger partial charge on any atom is 0.408 e. The lowest BCUT2D eigenvalue weighted by Gasteiger charge is -2.42. The van der Waals surface area contributed by atoms with Gasteiger partial charge in [-0.2, -0.15) is 0 Å². The number of benzene rings is 1. The van der Waals surface area contributed by atoms with Gasteiger partial charge in [0.1, 0.15) is 24.0 Å². The average Bonchev–Trinajstić information content (AvgIpc) is 3.46. The van der Waals surface area contributed by atoms with Crippen molar-refractivity contribution in [3.63, 3.8) is 0 Å². The Morgan fingerprint density at radius 2 is 1.88 bits per heavy atom. The Balaban J connectivity index is 1.21. The topological polar surface area (TPSA) is 117 Å². The van der Waals surface area contributed by atoms with Crippen LogP contribution in [0.4, 0.5) is 4.79 Å². The first-order valence-corrected chi connectivity index (χ1v) is 14.7. The molecule has 1 aromatic carbocycles. The number of alkyl carbamates (subject to hydrolysis) is 1. The number of carbonyl (C=O) groups excluding carboxylic acids is 4. The lowest BCUT2D eigenvalue weighted by atomic mass is 9.93. The SMILES string of the molecule is CC(C)(C)OC(=O)NC1(CN2CCCC[C@@H]2COc2ccc3c(c2)CN(C2CCC(=O)NC2=O)C3=O)CCCC1. The summed E-state index contributed by atoms with van der Waals surface area (Å²) in [6, 6.07) is 5.09. The highest BCUT2D eigenvalue weighted by atomic mass is 16.6. The lowest BCUT2D eigenvalue weighted by molar-refractivity contribution is -0.136. The highest BCUT2D eigenvalue weighted by molar-refractivity contribution is 6.05. The van der Waals surface area contributed by atoms with Crippen LogP contribution in [-0.2, 0) is 20.9 Å².